The van der Waals surface area contributed by atoms with Gasteiger partial charge in [0.1, 0.15) is 12.6 Å². The minimum atomic E-state index is -0.980. The van der Waals surface area contributed by atoms with Crippen molar-refractivity contribution in [2.24, 2.45) is 0 Å². The Balaban J connectivity index is 2.05. The van der Waals surface area contributed by atoms with Crippen LogP contribution >= 0.6 is 0 Å². The predicted molar refractivity (Wildman–Crippen MR) is 93.2 cm³/mol. The number of hydrogen-bond donors (Lipinski definition) is 0. The Morgan fingerprint density at radius 3 is 2.25 bits per heavy atom. The van der Waals surface area contributed by atoms with Crippen molar-refractivity contribution in [2.45, 2.75) is 19.4 Å². The maximum Gasteiger partial charge on any atom is 0.352 e. The van der Waals surface area contributed by atoms with Crippen LogP contribution in [0.4, 0.5) is 0 Å². The Bertz CT molecular complexity index is 1080. The maximum absolute atomic E-state index is 12.5. The molecule has 1 aromatic carbocycles. The van der Waals surface area contributed by atoms with Crippen molar-refractivity contribution in [1.29, 1.82) is 5.26 Å². The van der Waals surface area contributed by atoms with Crippen molar-refractivity contribution >= 4 is 28.7 Å². The fourth-order valence-electron chi connectivity index (χ4n) is 2.88. The number of rotatable bonds is 5. The highest BCUT2D eigenvalue weighted by atomic mass is 16.7. The zero-order valence-corrected chi connectivity index (χ0v) is 15.1. The SMILES string of the molecule is COc1cc2c(C#N)cc(=O)n(CC(=O)ON3C(=O)CCC3=O)c2cc1OC. The summed E-state index contributed by atoms with van der Waals surface area (Å²) >= 11 is 0. The number of nitrogens with zero attached hydrogens (tertiary/aromatic N) is 3. The highest BCUT2D eigenvalue weighted by molar-refractivity contribution is 6.01. The molecule has 1 fully saturated rings. The first-order chi connectivity index (χ1) is 13.4. The van der Waals surface area contributed by atoms with Gasteiger partial charge in [-0.15, -0.1) is 5.06 Å². The van der Waals surface area contributed by atoms with Gasteiger partial charge in [0.2, 0.25) is 0 Å². The van der Waals surface area contributed by atoms with Crippen molar-refractivity contribution in [3.8, 4) is 17.6 Å². The summed E-state index contributed by atoms with van der Waals surface area (Å²) in [5.41, 5.74) is -0.305. The average Bonchev–Trinajstić information content (AvgIpc) is 3.00. The van der Waals surface area contributed by atoms with Crippen LogP contribution < -0.4 is 15.0 Å². The van der Waals surface area contributed by atoms with Gasteiger partial charge in [0, 0.05) is 30.4 Å². The molecule has 0 unspecified atom stereocenters. The standard InChI is InChI=1S/C18H15N3O7/c1-26-13-6-11-10(8-19)5-17(24)20(12(11)7-14(13)27-2)9-18(25)28-21-15(22)3-4-16(21)23/h5-7H,3-4,9H2,1-2H3. The number of amides is 2. The summed E-state index contributed by atoms with van der Waals surface area (Å²) in [6.07, 6.45) is -0.0777. The fraction of sp³-hybridized carbons (Fsp3) is 0.278. The molecule has 0 aliphatic carbocycles. The topological polar surface area (TPSA) is 128 Å². The molecule has 1 aliphatic heterocycles. The Morgan fingerprint density at radius 2 is 1.68 bits per heavy atom. The molecule has 2 aromatic rings. The number of pyridine rings is 1. The number of carbonyl (C=O) groups excluding carboxylic acids is 3. The number of aromatic nitrogens is 1. The smallest absolute Gasteiger partial charge is 0.352 e. The lowest BCUT2D eigenvalue weighted by Gasteiger charge is -2.16. The van der Waals surface area contributed by atoms with Gasteiger partial charge < -0.3 is 14.3 Å². The first kappa shape index (κ1) is 18.9. The summed E-state index contributed by atoms with van der Waals surface area (Å²) < 4.78 is 11.5. The van der Waals surface area contributed by atoms with E-state index in [9.17, 15) is 24.4 Å². The molecule has 2 heterocycles. The quantitative estimate of drug-likeness (QED) is 0.681. The Hall–Kier alpha value is -3.87. The number of hydroxylamine groups is 2. The second-order valence-electron chi connectivity index (χ2n) is 5.86. The molecule has 1 saturated heterocycles. The van der Waals surface area contributed by atoms with Gasteiger partial charge in [-0.3, -0.25) is 19.0 Å². The lowest BCUT2D eigenvalue weighted by molar-refractivity contribution is -0.197. The van der Waals surface area contributed by atoms with Gasteiger partial charge in [-0.25, -0.2) is 4.79 Å². The molecule has 3 rings (SSSR count). The van der Waals surface area contributed by atoms with Gasteiger partial charge in [-0.2, -0.15) is 5.26 Å². The van der Waals surface area contributed by atoms with Crippen LogP contribution in [0.3, 0.4) is 0 Å². The lowest BCUT2D eigenvalue weighted by atomic mass is 10.1. The molecule has 2 amide bonds. The number of nitriles is 1. The molecule has 0 atom stereocenters. The number of fused-ring (bicyclic) bond motifs is 1. The van der Waals surface area contributed by atoms with Crippen LogP contribution in [-0.4, -0.2) is 41.6 Å². The summed E-state index contributed by atoms with van der Waals surface area (Å²) in [7, 11) is 2.83. The summed E-state index contributed by atoms with van der Waals surface area (Å²) in [6, 6.07) is 5.97. The average molecular weight is 385 g/mol. The summed E-state index contributed by atoms with van der Waals surface area (Å²) in [5, 5.41) is 10.1. The van der Waals surface area contributed by atoms with Gasteiger partial charge in [-0.05, 0) is 6.07 Å². The van der Waals surface area contributed by atoms with E-state index < -0.39 is 29.9 Å². The third-order valence-corrected chi connectivity index (χ3v) is 4.22. The molecule has 144 valence electrons. The van der Waals surface area contributed by atoms with Gasteiger partial charge in [0.05, 0.1) is 25.3 Å². The zero-order valence-electron chi connectivity index (χ0n) is 15.1. The molecule has 1 aromatic heterocycles. The molecular weight excluding hydrogens is 370 g/mol. The molecule has 28 heavy (non-hydrogen) atoms. The minimum absolute atomic E-state index is 0.0388. The van der Waals surface area contributed by atoms with Crippen LogP contribution in [-0.2, 0) is 25.8 Å². The largest absolute Gasteiger partial charge is 0.493 e. The third kappa shape index (κ3) is 3.25. The number of imide groups is 1. The van der Waals surface area contributed by atoms with E-state index in [1.807, 2.05) is 6.07 Å². The van der Waals surface area contributed by atoms with Crippen LogP contribution in [0.15, 0.2) is 23.0 Å². The van der Waals surface area contributed by atoms with E-state index in [-0.39, 0.29) is 29.7 Å². The van der Waals surface area contributed by atoms with Crippen molar-refractivity contribution in [3.63, 3.8) is 0 Å². The van der Waals surface area contributed by atoms with Crippen LogP contribution in [0.25, 0.3) is 10.9 Å². The predicted octanol–water partition coefficient (Wildman–Crippen LogP) is 0.498. The first-order valence-corrected chi connectivity index (χ1v) is 8.15. The van der Waals surface area contributed by atoms with Crippen molar-refractivity contribution in [1.82, 2.24) is 9.63 Å². The van der Waals surface area contributed by atoms with E-state index >= 15 is 0 Å². The Kier molecular flexibility index (Phi) is 5.00. The molecule has 0 spiro atoms. The molecule has 10 nitrogen and oxygen atoms in total. The summed E-state index contributed by atoms with van der Waals surface area (Å²) in [4.78, 5) is 52.7. The van der Waals surface area contributed by atoms with Gasteiger partial charge >= 0.3 is 5.97 Å². The lowest BCUT2D eigenvalue weighted by Crippen LogP contribution is -2.35. The zero-order chi connectivity index (χ0) is 20.4. The minimum Gasteiger partial charge on any atom is -0.493 e. The number of benzene rings is 1. The van der Waals surface area contributed by atoms with Gasteiger partial charge in [0.25, 0.3) is 17.4 Å². The van der Waals surface area contributed by atoms with E-state index in [1.165, 1.54) is 26.4 Å². The van der Waals surface area contributed by atoms with Crippen LogP contribution in [0, 0.1) is 11.3 Å². The number of hydrogen-bond acceptors (Lipinski definition) is 8. The third-order valence-electron chi connectivity index (χ3n) is 4.22. The van der Waals surface area contributed by atoms with Crippen LogP contribution in [0.5, 0.6) is 11.5 Å². The molecule has 0 saturated carbocycles. The molecule has 1 aliphatic rings. The number of ether oxygens (including phenoxy) is 2. The summed E-state index contributed by atoms with van der Waals surface area (Å²) in [5.74, 6) is -1.60. The molecule has 0 bridgehead atoms. The van der Waals surface area contributed by atoms with Gasteiger partial charge in [0.15, 0.2) is 11.5 Å². The van der Waals surface area contributed by atoms with E-state index in [1.54, 1.807) is 0 Å². The van der Waals surface area contributed by atoms with E-state index in [0.717, 1.165) is 10.6 Å². The highest BCUT2D eigenvalue weighted by Gasteiger charge is 2.33. The molecule has 0 N–H and O–H groups in total. The molecular formula is C18H15N3O7. The van der Waals surface area contributed by atoms with E-state index in [2.05, 4.69) is 0 Å². The van der Waals surface area contributed by atoms with Crippen molar-refractivity contribution in [3.05, 3.63) is 34.1 Å². The maximum atomic E-state index is 12.5. The van der Waals surface area contributed by atoms with Crippen molar-refractivity contribution in [2.75, 3.05) is 14.2 Å². The molecule has 0 radical (unpaired) electrons. The van der Waals surface area contributed by atoms with E-state index in [0.29, 0.717) is 16.2 Å². The van der Waals surface area contributed by atoms with Gasteiger partial charge in [-0.1, -0.05) is 0 Å². The summed E-state index contributed by atoms with van der Waals surface area (Å²) in [6.45, 7) is -0.576. The highest BCUT2D eigenvalue weighted by Crippen LogP contribution is 2.33. The monoisotopic (exact) mass is 385 g/mol. The number of carbonyl (C=O) groups is 3. The second kappa shape index (κ2) is 7.40. The Morgan fingerprint density at radius 1 is 1.07 bits per heavy atom. The Labute approximate surface area is 158 Å². The first-order valence-electron chi connectivity index (χ1n) is 8.15. The normalized spacial score (nSPS) is 13.5. The number of methoxy groups -OCH3 is 2. The van der Waals surface area contributed by atoms with Crippen LogP contribution in [0.2, 0.25) is 0 Å². The van der Waals surface area contributed by atoms with Crippen LogP contribution in [0.1, 0.15) is 18.4 Å². The van der Waals surface area contributed by atoms with Crippen molar-refractivity contribution < 1.29 is 28.7 Å². The van der Waals surface area contributed by atoms with E-state index in [4.69, 9.17) is 14.3 Å². The second-order valence-corrected chi connectivity index (χ2v) is 5.86. The molecule has 10 heteroatoms. The fourth-order valence-corrected chi connectivity index (χ4v) is 2.88.